The minimum atomic E-state index is -3.93. The van der Waals surface area contributed by atoms with Crippen LogP contribution in [-0.2, 0) is 16.4 Å². The molecule has 4 rings (SSSR count). The van der Waals surface area contributed by atoms with E-state index in [0.717, 1.165) is 12.0 Å². The van der Waals surface area contributed by atoms with Crippen LogP contribution in [0.5, 0.6) is 0 Å². The molecule has 0 bridgehead atoms. The highest BCUT2D eigenvalue weighted by Gasteiger charge is 2.16. The number of para-hydroxylation sites is 1. The fourth-order valence-electron chi connectivity index (χ4n) is 3.09. The fourth-order valence-corrected chi connectivity index (χ4v) is 3.91. The molecule has 8 heteroatoms. The monoisotopic (exact) mass is 447 g/mol. The van der Waals surface area contributed by atoms with Crippen LogP contribution >= 0.6 is 0 Å². The number of sulfonamides is 1. The standard InChI is InChI=1S/C24H21N3O4S/c1-2-17-12-14-19(15-13-17)25-23(28)21-16-18-8-6-7-11-22(18)31-24(21)26-27-32(29,30)20-9-4-3-5-10-20/h3-16,27H,2H2,1H3,(H,25,28)/b26-24-. The van der Waals surface area contributed by atoms with Crippen LogP contribution < -0.4 is 15.7 Å². The van der Waals surface area contributed by atoms with E-state index in [1.807, 2.05) is 30.3 Å². The van der Waals surface area contributed by atoms with Crippen molar-refractivity contribution in [2.24, 2.45) is 5.10 Å². The van der Waals surface area contributed by atoms with Gasteiger partial charge < -0.3 is 9.73 Å². The first-order chi connectivity index (χ1) is 15.5. The largest absolute Gasteiger partial charge is 0.436 e. The molecular weight excluding hydrogens is 426 g/mol. The lowest BCUT2D eigenvalue weighted by Crippen LogP contribution is -2.27. The predicted molar refractivity (Wildman–Crippen MR) is 122 cm³/mol. The van der Waals surface area contributed by atoms with Crippen molar-refractivity contribution in [1.29, 1.82) is 0 Å². The summed E-state index contributed by atoms with van der Waals surface area (Å²) in [6.45, 7) is 2.05. The van der Waals surface area contributed by atoms with Crippen molar-refractivity contribution in [3.63, 3.8) is 0 Å². The van der Waals surface area contributed by atoms with E-state index in [4.69, 9.17) is 4.42 Å². The fraction of sp³-hybridized carbons (Fsp3) is 0.0833. The summed E-state index contributed by atoms with van der Waals surface area (Å²) < 4.78 is 30.9. The molecule has 2 N–H and O–H groups in total. The van der Waals surface area contributed by atoms with E-state index < -0.39 is 15.9 Å². The zero-order valence-corrected chi connectivity index (χ0v) is 18.1. The third kappa shape index (κ3) is 4.70. The van der Waals surface area contributed by atoms with Crippen LogP contribution in [0.3, 0.4) is 0 Å². The highest BCUT2D eigenvalue weighted by molar-refractivity contribution is 7.89. The average Bonchev–Trinajstić information content (AvgIpc) is 2.83. The van der Waals surface area contributed by atoms with Crippen molar-refractivity contribution >= 4 is 32.6 Å². The summed E-state index contributed by atoms with van der Waals surface area (Å²) in [5.41, 5.74) is 2.17. The number of amides is 1. The second kappa shape index (κ2) is 9.07. The van der Waals surface area contributed by atoms with Crippen molar-refractivity contribution in [2.45, 2.75) is 18.2 Å². The van der Waals surface area contributed by atoms with E-state index in [2.05, 4.69) is 22.2 Å². The van der Waals surface area contributed by atoms with E-state index >= 15 is 0 Å². The van der Waals surface area contributed by atoms with Gasteiger partial charge in [0.05, 0.1) is 4.90 Å². The normalized spacial score (nSPS) is 12.0. The Morgan fingerprint density at radius 2 is 1.62 bits per heavy atom. The van der Waals surface area contributed by atoms with Gasteiger partial charge in [-0.25, -0.2) is 0 Å². The number of hydrogen-bond donors (Lipinski definition) is 2. The van der Waals surface area contributed by atoms with Crippen LogP contribution in [-0.4, -0.2) is 14.3 Å². The lowest BCUT2D eigenvalue weighted by Gasteiger charge is -2.08. The smallest absolute Gasteiger partial charge is 0.276 e. The van der Waals surface area contributed by atoms with E-state index in [1.165, 1.54) is 12.1 Å². The number of aryl methyl sites for hydroxylation is 1. The molecule has 1 amide bonds. The number of carbonyl (C=O) groups excluding carboxylic acids is 1. The van der Waals surface area contributed by atoms with Gasteiger partial charge in [0, 0.05) is 11.1 Å². The number of benzene rings is 3. The van der Waals surface area contributed by atoms with Crippen molar-refractivity contribution in [3.05, 3.63) is 102 Å². The number of anilines is 1. The molecule has 0 fully saturated rings. The van der Waals surface area contributed by atoms with Crippen molar-refractivity contribution < 1.29 is 17.6 Å². The molecule has 162 valence electrons. The molecule has 0 aliphatic carbocycles. The highest BCUT2D eigenvalue weighted by Crippen LogP contribution is 2.15. The third-order valence-corrected chi connectivity index (χ3v) is 6.07. The Balaban J connectivity index is 1.73. The Kier molecular flexibility index (Phi) is 6.04. The molecule has 7 nitrogen and oxygen atoms in total. The first-order valence-electron chi connectivity index (χ1n) is 10.00. The molecule has 1 heterocycles. The first kappa shape index (κ1) is 21.3. The molecule has 0 spiro atoms. The zero-order valence-electron chi connectivity index (χ0n) is 17.3. The molecule has 0 radical (unpaired) electrons. The molecule has 3 aromatic carbocycles. The second-order valence-electron chi connectivity index (χ2n) is 7.03. The summed E-state index contributed by atoms with van der Waals surface area (Å²) in [5.74, 6) is -0.471. The van der Waals surface area contributed by atoms with Crippen molar-refractivity contribution in [2.75, 3.05) is 5.32 Å². The third-order valence-electron chi connectivity index (χ3n) is 4.84. The molecule has 0 aliphatic rings. The molecule has 0 saturated heterocycles. The van der Waals surface area contributed by atoms with Crippen LogP contribution in [0, 0.1) is 0 Å². The number of hydrogen-bond acceptors (Lipinski definition) is 5. The van der Waals surface area contributed by atoms with Crippen LogP contribution in [0.25, 0.3) is 11.0 Å². The lowest BCUT2D eigenvalue weighted by atomic mass is 10.1. The summed E-state index contributed by atoms with van der Waals surface area (Å²) in [5, 5.41) is 7.42. The number of nitrogens with one attached hydrogen (secondary N) is 2. The maximum Gasteiger partial charge on any atom is 0.276 e. The topological polar surface area (TPSA) is 101 Å². The van der Waals surface area contributed by atoms with E-state index in [0.29, 0.717) is 16.7 Å². The minimum Gasteiger partial charge on any atom is -0.436 e. The van der Waals surface area contributed by atoms with Gasteiger partial charge >= 0.3 is 0 Å². The van der Waals surface area contributed by atoms with Gasteiger partial charge in [-0.05, 0) is 48.4 Å². The molecule has 0 atom stereocenters. The Hall–Kier alpha value is -3.91. The highest BCUT2D eigenvalue weighted by atomic mass is 32.2. The van der Waals surface area contributed by atoms with E-state index in [1.54, 1.807) is 42.5 Å². The van der Waals surface area contributed by atoms with Gasteiger partial charge in [-0.2, -0.15) is 13.2 Å². The Labute approximate surface area is 185 Å². The number of nitrogens with zero attached hydrogens (tertiary/aromatic N) is 1. The number of carbonyl (C=O) groups is 1. The van der Waals surface area contributed by atoms with Gasteiger partial charge in [-0.3, -0.25) is 4.79 Å². The van der Waals surface area contributed by atoms with Gasteiger partial charge in [0.25, 0.3) is 15.9 Å². The number of fused-ring (bicyclic) bond motifs is 1. The van der Waals surface area contributed by atoms with Gasteiger partial charge in [-0.1, -0.05) is 55.5 Å². The Bertz CT molecular complexity index is 1430. The quantitative estimate of drug-likeness (QED) is 0.436. The molecule has 0 unspecified atom stereocenters. The maximum absolute atomic E-state index is 13.0. The number of rotatable bonds is 6. The summed E-state index contributed by atoms with van der Waals surface area (Å²) in [7, 11) is -3.93. The summed E-state index contributed by atoms with van der Waals surface area (Å²) in [6, 6.07) is 24.0. The van der Waals surface area contributed by atoms with Crippen LogP contribution in [0.4, 0.5) is 5.69 Å². The summed E-state index contributed by atoms with van der Waals surface area (Å²) in [4.78, 5) is 15.2. The van der Waals surface area contributed by atoms with Crippen LogP contribution in [0.15, 0.2) is 99.3 Å². The summed E-state index contributed by atoms with van der Waals surface area (Å²) >= 11 is 0. The predicted octanol–water partition coefficient (Wildman–Crippen LogP) is 4.04. The lowest BCUT2D eigenvalue weighted by molar-refractivity contribution is 0.102. The maximum atomic E-state index is 13.0. The van der Waals surface area contributed by atoms with Gasteiger partial charge in [0.1, 0.15) is 11.1 Å². The van der Waals surface area contributed by atoms with Crippen LogP contribution in [0.1, 0.15) is 22.8 Å². The molecule has 32 heavy (non-hydrogen) atoms. The Morgan fingerprint density at radius 3 is 2.34 bits per heavy atom. The van der Waals surface area contributed by atoms with Gasteiger partial charge in [0.15, 0.2) is 0 Å². The molecule has 0 saturated carbocycles. The molecular formula is C24H21N3O4S. The molecule has 0 aliphatic heterocycles. The molecule has 4 aromatic rings. The Morgan fingerprint density at radius 1 is 0.938 bits per heavy atom. The summed E-state index contributed by atoms with van der Waals surface area (Å²) in [6.07, 6.45) is 0.891. The van der Waals surface area contributed by atoms with Gasteiger partial charge in [-0.15, -0.1) is 5.10 Å². The molecule has 1 aromatic heterocycles. The second-order valence-corrected chi connectivity index (χ2v) is 8.69. The van der Waals surface area contributed by atoms with E-state index in [-0.39, 0.29) is 16.0 Å². The van der Waals surface area contributed by atoms with Gasteiger partial charge in [0.2, 0.25) is 5.55 Å². The SMILES string of the molecule is CCc1ccc(NC(=O)c2cc3ccccc3o/c2=N\NS(=O)(=O)c2ccccc2)cc1. The zero-order chi connectivity index (χ0) is 22.6. The average molecular weight is 448 g/mol. The van der Waals surface area contributed by atoms with E-state index in [9.17, 15) is 13.2 Å². The first-order valence-corrected chi connectivity index (χ1v) is 11.5. The van der Waals surface area contributed by atoms with Crippen molar-refractivity contribution in [3.8, 4) is 0 Å². The van der Waals surface area contributed by atoms with Crippen LogP contribution in [0.2, 0.25) is 0 Å². The minimum absolute atomic E-state index is 0.0477. The van der Waals surface area contributed by atoms with Crippen molar-refractivity contribution in [1.82, 2.24) is 4.83 Å².